The van der Waals surface area contributed by atoms with Crippen molar-refractivity contribution in [3.8, 4) is 0 Å². The highest BCUT2D eigenvalue weighted by atomic mass is 15.1. The number of nitrogens with zero attached hydrogens (tertiary/aromatic N) is 2. The molecule has 20 heavy (non-hydrogen) atoms. The van der Waals surface area contributed by atoms with E-state index in [0.717, 1.165) is 29.9 Å². The van der Waals surface area contributed by atoms with Crippen molar-refractivity contribution in [2.45, 2.75) is 57.3 Å². The second-order valence-electron chi connectivity index (χ2n) is 6.24. The van der Waals surface area contributed by atoms with Gasteiger partial charge >= 0.3 is 0 Å². The van der Waals surface area contributed by atoms with E-state index in [-0.39, 0.29) is 0 Å². The Hall–Kier alpha value is -1.32. The van der Waals surface area contributed by atoms with Crippen LogP contribution in [0.5, 0.6) is 0 Å². The highest BCUT2D eigenvalue weighted by molar-refractivity contribution is 5.47. The van der Waals surface area contributed by atoms with Crippen LogP contribution in [0.25, 0.3) is 0 Å². The molecule has 0 spiro atoms. The van der Waals surface area contributed by atoms with Gasteiger partial charge < -0.3 is 10.6 Å². The standard InChI is InChI=1S/C16H26N4/c1-17-14-11-15(20-16(19-14)13-8-9-13)18-10-4-7-12-5-2-3-6-12/h11-13H,2-10H2,1H3,(H2,17,18,19,20). The third-order valence-electron chi connectivity index (χ3n) is 4.51. The van der Waals surface area contributed by atoms with Gasteiger partial charge in [-0.2, -0.15) is 0 Å². The molecule has 2 N–H and O–H groups in total. The molecule has 2 saturated carbocycles. The minimum Gasteiger partial charge on any atom is -0.373 e. The summed E-state index contributed by atoms with van der Waals surface area (Å²) < 4.78 is 0. The van der Waals surface area contributed by atoms with Crippen LogP contribution in [-0.2, 0) is 0 Å². The number of hydrogen-bond acceptors (Lipinski definition) is 4. The first-order chi connectivity index (χ1) is 9.85. The lowest BCUT2D eigenvalue weighted by atomic mass is 10.0. The Morgan fingerprint density at radius 2 is 1.85 bits per heavy atom. The molecular weight excluding hydrogens is 248 g/mol. The largest absolute Gasteiger partial charge is 0.373 e. The van der Waals surface area contributed by atoms with Crippen molar-refractivity contribution in [3.05, 3.63) is 11.9 Å². The summed E-state index contributed by atoms with van der Waals surface area (Å²) in [5, 5.41) is 6.61. The fraction of sp³-hybridized carbons (Fsp3) is 0.750. The van der Waals surface area contributed by atoms with Crippen molar-refractivity contribution in [1.82, 2.24) is 9.97 Å². The summed E-state index contributed by atoms with van der Waals surface area (Å²) in [5.41, 5.74) is 0. The maximum atomic E-state index is 4.65. The van der Waals surface area contributed by atoms with Crippen LogP contribution in [-0.4, -0.2) is 23.6 Å². The Kier molecular flexibility index (Phi) is 4.38. The van der Waals surface area contributed by atoms with E-state index in [4.69, 9.17) is 0 Å². The van der Waals surface area contributed by atoms with Crippen molar-refractivity contribution in [2.24, 2.45) is 5.92 Å². The van der Waals surface area contributed by atoms with Crippen LogP contribution in [0.3, 0.4) is 0 Å². The zero-order chi connectivity index (χ0) is 13.8. The van der Waals surface area contributed by atoms with E-state index in [1.807, 2.05) is 13.1 Å². The average Bonchev–Trinajstić information content (AvgIpc) is 3.21. The molecule has 3 rings (SSSR count). The lowest BCUT2D eigenvalue weighted by molar-refractivity contribution is 0.491. The highest BCUT2D eigenvalue weighted by Crippen LogP contribution is 2.38. The van der Waals surface area contributed by atoms with Gasteiger partial charge in [0.05, 0.1) is 0 Å². The summed E-state index contributed by atoms with van der Waals surface area (Å²) in [6.07, 6.45) is 10.9. The van der Waals surface area contributed by atoms with E-state index >= 15 is 0 Å². The zero-order valence-corrected chi connectivity index (χ0v) is 12.5. The van der Waals surface area contributed by atoms with E-state index in [1.165, 1.54) is 51.4 Å². The van der Waals surface area contributed by atoms with E-state index in [2.05, 4.69) is 20.6 Å². The summed E-state index contributed by atoms with van der Waals surface area (Å²) >= 11 is 0. The predicted molar refractivity (Wildman–Crippen MR) is 83.2 cm³/mol. The molecule has 0 aliphatic heterocycles. The molecule has 0 amide bonds. The zero-order valence-electron chi connectivity index (χ0n) is 12.5. The van der Waals surface area contributed by atoms with Gasteiger partial charge in [-0.1, -0.05) is 25.7 Å². The van der Waals surface area contributed by atoms with Gasteiger partial charge in [0.15, 0.2) is 0 Å². The fourth-order valence-electron chi connectivity index (χ4n) is 3.11. The normalized spacial score (nSPS) is 19.2. The van der Waals surface area contributed by atoms with Crippen LogP contribution >= 0.6 is 0 Å². The van der Waals surface area contributed by atoms with Crippen LogP contribution < -0.4 is 10.6 Å². The molecule has 0 saturated heterocycles. The molecule has 0 atom stereocenters. The Balaban J connectivity index is 1.49. The monoisotopic (exact) mass is 274 g/mol. The quantitative estimate of drug-likeness (QED) is 0.743. The molecule has 1 heterocycles. The van der Waals surface area contributed by atoms with Crippen LogP contribution in [0, 0.1) is 5.92 Å². The second-order valence-corrected chi connectivity index (χ2v) is 6.24. The molecule has 110 valence electrons. The molecule has 4 nitrogen and oxygen atoms in total. The molecule has 0 aromatic carbocycles. The SMILES string of the molecule is CNc1cc(NCCCC2CCCC2)nc(C2CC2)n1. The van der Waals surface area contributed by atoms with Gasteiger partial charge in [-0.3, -0.25) is 0 Å². The van der Waals surface area contributed by atoms with Crippen molar-refractivity contribution >= 4 is 11.6 Å². The summed E-state index contributed by atoms with van der Waals surface area (Å²) in [4.78, 5) is 9.19. The lowest BCUT2D eigenvalue weighted by Gasteiger charge is -2.11. The van der Waals surface area contributed by atoms with Gasteiger partial charge in [-0.05, 0) is 31.6 Å². The van der Waals surface area contributed by atoms with Crippen molar-refractivity contribution in [2.75, 3.05) is 24.2 Å². The molecule has 0 bridgehead atoms. The number of anilines is 2. The van der Waals surface area contributed by atoms with E-state index in [1.54, 1.807) is 0 Å². The molecule has 0 radical (unpaired) electrons. The summed E-state index contributed by atoms with van der Waals surface area (Å²) in [5.74, 6) is 4.51. The van der Waals surface area contributed by atoms with Crippen molar-refractivity contribution < 1.29 is 0 Å². The van der Waals surface area contributed by atoms with Crippen LogP contribution in [0.2, 0.25) is 0 Å². The second kappa shape index (κ2) is 6.42. The molecular formula is C16H26N4. The smallest absolute Gasteiger partial charge is 0.136 e. The van der Waals surface area contributed by atoms with E-state index in [0.29, 0.717) is 5.92 Å². The number of nitrogens with one attached hydrogen (secondary N) is 2. The Morgan fingerprint density at radius 1 is 1.10 bits per heavy atom. The third-order valence-corrected chi connectivity index (χ3v) is 4.51. The van der Waals surface area contributed by atoms with Gasteiger partial charge in [0.2, 0.25) is 0 Å². The highest BCUT2D eigenvalue weighted by Gasteiger charge is 2.27. The molecule has 2 aliphatic carbocycles. The maximum Gasteiger partial charge on any atom is 0.136 e. The minimum absolute atomic E-state index is 0.599. The number of rotatable bonds is 7. The molecule has 1 aromatic rings. The molecule has 4 heteroatoms. The van der Waals surface area contributed by atoms with Gasteiger partial charge in [0.25, 0.3) is 0 Å². The first kappa shape index (κ1) is 13.7. The summed E-state index contributed by atoms with van der Waals surface area (Å²) in [7, 11) is 1.92. The Labute approximate surface area is 121 Å². The average molecular weight is 274 g/mol. The first-order valence-electron chi connectivity index (χ1n) is 8.16. The van der Waals surface area contributed by atoms with Crippen molar-refractivity contribution in [1.29, 1.82) is 0 Å². The molecule has 1 aromatic heterocycles. The lowest BCUT2D eigenvalue weighted by Crippen LogP contribution is -2.08. The van der Waals surface area contributed by atoms with Gasteiger partial charge in [-0.15, -0.1) is 0 Å². The predicted octanol–water partition coefficient (Wildman–Crippen LogP) is 3.78. The molecule has 2 fully saturated rings. The summed E-state index contributed by atoms with van der Waals surface area (Å²) in [6, 6.07) is 2.02. The van der Waals surface area contributed by atoms with Crippen LogP contribution in [0.15, 0.2) is 6.07 Å². The van der Waals surface area contributed by atoms with Crippen LogP contribution in [0.1, 0.15) is 63.1 Å². The first-order valence-corrected chi connectivity index (χ1v) is 8.16. The third kappa shape index (κ3) is 3.62. The van der Waals surface area contributed by atoms with Gasteiger partial charge in [0, 0.05) is 25.6 Å². The summed E-state index contributed by atoms with van der Waals surface area (Å²) in [6.45, 7) is 1.03. The molecule has 2 aliphatic rings. The van der Waals surface area contributed by atoms with E-state index in [9.17, 15) is 0 Å². The topological polar surface area (TPSA) is 49.8 Å². The Bertz CT molecular complexity index is 436. The molecule has 0 unspecified atom stereocenters. The van der Waals surface area contributed by atoms with E-state index < -0.39 is 0 Å². The Morgan fingerprint density at radius 3 is 2.55 bits per heavy atom. The van der Waals surface area contributed by atoms with Crippen LogP contribution in [0.4, 0.5) is 11.6 Å². The van der Waals surface area contributed by atoms with Crippen molar-refractivity contribution in [3.63, 3.8) is 0 Å². The number of hydrogen-bond donors (Lipinski definition) is 2. The van der Waals surface area contributed by atoms with Gasteiger partial charge in [0.1, 0.15) is 17.5 Å². The minimum atomic E-state index is 0.599. The fourth-order valence-corrected chi connectivity index (χ4v) is 3.11. The maximum absolute atomic E-state index is 4.65. The van der Waals surface area contributed by atoms with Gasteiger partial charge in [-0.25, -0.2) is 9.97 Å². The number of aromatic nitrogens is 2.